The van der Waals surface area contributed by atoms with Gasteiger partial charge in [-0.3, -0.25) is 0 Å². The van der Waals surface area contributed by atoms with Gasteiger partial charge in [0.2, 0.25) is 5.67 Å². The van der Waals surface area contributed by atoms with E-state index in [9.17, 15) is 17.6 Å². The Morgan fingerprint density at radius 3 is 2.36 bits per heavy atom. The number of carboxylic acid groups (broad SMARTS) is 1. The van der Waals surface area contributed by atoms with Crippen molar-refractivity contribution in [1.82, 2.24) is 5.32 Å². The van der Waals surface area contributed by atoms with Crippen LogP contribution in [0.3, 0.4) is 0 Å². The zero-order valence-corrected chi connectivity index (χ0v) is 8.10. The molecule has 0 radical (unpaired) electrons. The molecular formula is C7H10FNO4S. The molecule has 7 heteroatoms. The van der Waals surface area contributed by atoms with Crippen LogP contribution >= 0.6 is 0 Å². The van der Waals surface area contributed by atoms with E-state index < -0.39 is 26.9 Å². The fraction of sp³-hybridized carbons (Fsp3) is 0.857. The minimum absolute atomic E-state index is 0.120. The summed E-state index contributed by atoms with van der Waals surface area (Å²) in [4.78, 5) is 10.7. The van der Waals surface area contributed by atoms with Crippen LogP contribution in [0, 0.1) is 5.41 Å². The Bertz CT molecular complexity index is 380. The van der Waals surface area contributed by atoms with Crippen molar-refractivity contribution >= 4 is 15.8 Å². The molecule has 2 heterocycles. The second-order valence-corrected chi connectivity index (χ2v) is 6.09. The fourth-order valence-electron chi connectivity index (χ4n) is 2.23. The van der Waals surface area contributed by atoms with Crippen LogP contribution in [0.5, 0.6) is 0 Å². The Morgan fingerprint density at radius 2 is 1.93 bits per heavy atom. The number of carbonyl (C=O) groups is 1. The molecule has 2 rings (SSSR count). The monoisotopic (exact) mass is 223 g/mol. The number of carboxylic acids is 1. The number of hydrogen-bond donors (Lipinski definition) is 2. The standard InChI is InChI=1S/C7H10FNO4S/c8-7(5(10)11)2-9-1-6(7)3-14(12,13)4-6/h9H,1-4H2,(H,10,11). The molecule has 2 aliphatic rings. The minimum Gasteiger partial charge on any atom is -0.479 e. The predicted molar refractivity (Wildman–Crippen MR) is 45.4 cm³/mol. The van der Waals surface area contributed by atoms with Crippen LogP contribution in [0.25, 0.3) is 0 Å². The van der Waals surface area contributed by atoms with E-state index in [-0.39, 0.29) is 24.6 Å². The van der Waals surface area contributed by atoms with Gasteiger partial charge in [0.1, 0.15) is 0 Å². The van der Waals surface area contributed by atoms with Crippen molar-refractivity contribution in [3.8, 4) is 0 Å². The zero-order valence-electron chi connectivity index (χ0n) is 7.29. The summed E-state index contributed by atoms with van der Waals surface area (Å²) in [5.74, 6) is -2.30. The molecule has 1 spiro atoms. The Kier molecular flexibility index (Phi) is 1.73. The minimum atomic E-state index is -3.22. The van der Waals surface area contributed by atoms with E-state index in [1.165, 1.54) is 0 Å². The van der Waals surface area contributed by atoms with Crippen LogP contribution in [0.15, 0.2) is 0 Å². The average molecular weight is 223 g/mol. The largest absolute Gasteiger partial charge is 0.479 e. The van der Waals surface area contributed by atoms with E-state index in [0.29, 0.717) is 0 Å². The smallest absolute Gasteiger partial charge is 0.343 e. The molecular weight excluding hydrogens is 213 g/mol. The van der Waals surface area contributed by atoms with Gasteiger partial charge in [-0.25, -0.2) is 17.6 Å². The predicted octanol–water partition coefficient (Wildman–Crippen LogP) is -1.20. The molecule has 5 nitrogen and oxygen atoms in total. The quantitative estimate of drug-likeness (QED) is 0.583. The fourth-order valence-corrected chi connectivity index (χ4v) is 4.50. The molecule has 0 saturated carbocycles. The summed E-state index contributed by atoms with van der Waals surface area (Å²) in [6.07, 6.45) is 0. The van der Waals surface area contributed by atoms with Crippen LogP contribution in [-0.4, -0.2) is 49.8 Å². The van der Waals surface area contributed by atoms with Crippen LogP contribution in [0.1, 0.15) is 0 Å². The van der Waals surface area contributed by atoms with Gasteiger partial charge in [-0.05, 0) is 0 Å². The third-order valence-electron chi connectivity index (χ3n) is 3.00. The van der Waals surface area contributed by atoms with Crippen molar-refractivity contribution < 1.29 is 22.7 Å². The van der Waals surface area contributed by atoms with E-state index >= 15 is 0 Å². The number of nitrogens with one attached hydrogen (secondary N) is 1. The topological polar surface area (TPSA) is 83.5 Å². The molecule has 80 valence electrons. The zero-order chi connectivity index (χ0) is 10.6. The maximum atomic E-state index is 14.0. The SMILES string of the molecule is O=C(O)C1(F)CNCC12CS(=O)(=O)C2. The van der Waals surface area contributed by atoms with Crippen LogP contribution in [0.4, 0.5) is 4.39 Å². The molecule has 2 aliphatic heterocycles. The maximum absolute atomic E-state index is 14.0. The molecule has 1 unspecified atom stereocenters. The van der Waals surface area contributed by atoms with Crippen molar-refractivity contribution in [3.63, 3.8) is 0 Å². The molecule has 0 aromatic rings. The summed E-state index contributed by atoms with van der Waals surface area (Å²) in [7, 11) is -3.22. The highest BCUT2D eigenvalue weighted by Gasteiger charge is 2.68. The Balaban J connectivity index is 2.34. The number of halogens is 1. The lowest BCUT2D eigenvalue weighted by molar-refractivity contribution is -0.155. The first-order chi connectivity index (χ1) is 6.31. The van der Waals surface area contributed by atoms with Crippen molar-refractivity contribution in [2.24, 2.45) is 5.41 Å². The van der Waals surface area contributed by atoms with Crippen LogP contribution in [-0.2, 0) is 14.6 Å². The van der Waals surface area contributed by atoms with Crippen LogP contribution < -0.4 is 5.32 Å². The second kappa shape index (κ2) is 2.46. The number of aliphatic carboxylic acids is 1. The van der Waals surface area contributed by atoms with Gasteiger partial charge in [-0.2, -0.15) is 0 Å². The number of rotatable bonds is 1. The van der Waals surface area contributed by atoms with Crippen molar-refractivity contribution in [2.75, 3.05) is 24.6 Å². The van der Waals surface area contributed by atoms with Crippen molar-refractivity contribution in [1.29, 1.82) is 0 Å². The average Bonchev–Trinajstić information content (AvgIpc) is 2.28. The van der Waals surface area contributed by atoms with Crippen molar-refractivity contribution in [2.45, 2.75) is 5.67 Å². The van der Waals surface area contributed by atoms with Gasteiger partial charge in [0.15, 0.2) is 9.84 Å². The maximum Gasteiger partial charge on any atom is 0.343 e. The molecule has 0 aliphatic carbocycles. The molecule has 14 heavy (non-hydrogen) atoms. The lowest BCUT2D eigenvalue weighted by Crippen LogP contribution is -2.63. The Hall–Kier alpha value is -0.690. The van der Waals surface area contributed by atoms with Gasteiger partial charge in [0.25, 0.3) is 0 Å². The lowest BCUT2D eigenvalue weighted by atomic mass is 9.78. The van der Waals surface area contributed by atoms with Gasteiger partial charge < -0.3 is 10.4 Å². The summed E-state index contributed by atoms with van der Waals surface area (Å²) >= 11 is 0. The molecule has 2 fully saturated rings. The van der Waals surface area contributed by atoms with Gasteiger partial charge in [0.05, 0.1) is 16.9 Å². The third kappa shape index (κ3) is 1.02. The molecule has 1 atom stereocenters. The first-order valence-electron chi connectivity index (χ1n) is 4.15. The molecule has 0 amide bonds. The van der Waals surface area contributed by atoms with E-state index in [1.54, 1.807) is 0 Å². The summed E-state index contributed by atoms with van der Waals surface area (Å²) < 4.78 is 35.9. The molecule has 2 N–H and O–H groups in total. The van der Waals surface area contributed by atoms with Gasteiger partial charge in [-0.1, -0.05) is 0 Å². The molecule has 0 aromatic heterocycles. The number of alkyl halides is 1. The summed E-state index contributed by atoms with van der Waals surface area (Å²) in [6.45, 7) is -0.188. The Morgan fingerprint density at radius 1 is 1.36 bits per heavy atom. The number of sulfone groups is 1. The van der Waals surface area contributed by atoms with Crippen LogP contribution in [0.2, 0.25) is 0 Å². The normalized spacial score (nSPS) is 38.1. The third-order valence-corrected chi connectivity index (χ3v) is 4.99. The summed E-state index contributed by atoms with van der Waals surface area (Å²) in [6, 6.07) is 0. The lowest BCUT2D eigenvalue weighted by Gasteiger charge is -2.42. The highest BCUT2D eigenvalue weighted by atomic mass is 32.2. The summed E-state index contributed by atoms with van der Waals surface area (Å²) in [5.41, 5.74) is -3.67. The first kappa shape index (κ1) is 9.85. The molecule has 0 aromatic carbocycles. The summed E-state index contributed by atoms with van der Waals surface area (Å²) in [5, 5.41) is 11.3. The van der Waals surface area contributed by atoms with Crippen molar-refractivity contribution in [3.05, 3.63) is 0 Å². The van der Waals surface area contributed by atoms with Gasteiger partial charge in [0, 0.05) is 13.1 Å². The molecule has 2 saturated heterocycles. The second-order valence-electron chi connectivity index (χ2n) is 4.02. The van der Waals surface area contributed by atoms with E-state index in [4.69, 9.17) is 5.11 Å². The van der Waals surface area contributed by atoms with Gasteiger partial charge in [-0.15, -0.1) is 0 Å². The van der Waals surface area contributed by atoms with Gasteiger partial charge >= 0.3 is 5.97 Å². The number of hydrogen-bond acceptors (Lipinski definition) is 4. The van der Waals surface area contributed by atoms with E-state index in [0.717, 1.165) is 0 Å². The Labute approximate surface area is 80.2 Å². The first-order valence-corrected chi connectivity index (χ1v) is 5.97. The highest BCUT2D eigenvalue weighted by Crippen LogP contribution is 2.47. The van der Waals surface area contributed by atoms with E-state index in [2.05, 4.69) is 5.32 Å². The van der Waals surface area contributed by atoms with E-state index in [1.807, 2.05) is 0 Å². The molecule has 0 bridgehead atoms. The highest BCUT2D eigenvalue weighted by molar-refractivity contribution is 7.92.